The number of hydrogen-bond donors (Lipinski definition) is 3. The SMILES string of the molecule is COc1cc(-c2csc3c(C=CCNS(=O)(=O)c4ccccc4)cnc(N)c23)ccc1NC(=O)c1cc2ccccc2n1C. The van der Waals surface area contributed by atoms with Gasteiger partial charge in [0.2, 0.25) is 10.0 Å². The number of nitrogen functional groups attached to an aromatic ring is 1. The number of anilines is 2. The Bertz CT molecular complexity index is 2150. The van der Waals surface area contributed by atoms with Crippen LogP contribution in [0.2, 0.25) is 0 Å². The lowest BCUT2D eigenvalue weighted by Gasteiger charge is -2.13. The van der Waals surface area contributed by atoms with Crippen molar-refractivity contribution < 1.29 is 17.9 Å². The van der Waals surface area contributed by atoms with Crippen LogP contribution >= 0.6 is 11.3 Å². The number of para-hydroxylation sites is 1. The van der Waals surface area contributed by atoms with Crippen LogP contribution in [0.15, 0.2) is 101 Å². The molecule has 0 unspecified atom stereocenters. The van der Waals surface area contributed by atoms with E-state index in [1.807, 2.05) is 71.6 Å². The fraction of sp³-hybridized carbons (Fsp3) is 0.0909. The summed E-state index contributed by atoms with van der Waals surface area (Å²) in [7, 11) is -0.189. The Balaban J connectivity index is 1.24. The standard InChI is InChI=1S/C33H29N5O4S2/c1-38-27-13-7-6-9-22(27)17-28(38)33(39)37-26-15-14-21(18-29(26)42-2)25-20-43-31-23(19-35-32(34)30(25)31)10-8-16-36-44(40,41)24-11-4-3-5-12-24/h3-15,17-20,36H,16H2,1-2H3,(H2,34,35)(H,37,39). The minimum absolute atomic E-state index is 0.116. The monoisotopic (exact) mass is 623 g/mol. The van der Waals surface area contributed by atoms with E-state index in [-0.39, 0.29) is 17.3 Å². The third-order valence-electron chi connectivity index (χ3n) is 7.34. The normalized spacial score (nSPS) is 11.9. The van der Waals surface area contributed by atoms with Crippen molar-refractivity contribution in [3.63, 3.8) is 0 Å². The highest BCUT2D eigenvalue weighted by Gasteiger charge is 2.18. The number of thiophene rings is 1. The van der Waals surface area contributed by atoms with Gasteiger partial charge in [0.05, 0.1) is 17.7 Å². The Kier molecular flexibility index (Phi) is 7.92. The second-order valence-electron chi connectivity index (χ2n) is 10.0. The summed E-state index contributed by atoms with van der Waals surface area (Å²) in [6, 6.07) is 23.5. The number of hydrogen-bond acceptors (Lipinski definition) is 7. The average Bonchev–Trinajstić information content (AvgIpc) is 3.64. The van der Waals surface area contributed by atoms with Gasteiger partial charge in [-0.05, 0) is 47.3 Å². The van der Waals surface area contributed by atoms with Crippen molar-refractivity contribution in [2.75, 3.05) is 24.7 Å². The predicted molar refractivity (Wildman–Crippen MR) is 178 cm³/mol. The Labute approximate surface area is 258 Å². The summed E-state index contributed by atoms with van der Waals surface area (Å²) >= 11 is 1.52. The molecule has 0 aliphatic rings. The molecule has 6 rings (SSSR count). The maximum atomic E-state index is 13.2. The van der Waals surface area contributed by atoms with E-state index in [4.69, 9.17) is 10.5 Å². The fourth-order valence-electron chi connectivity index (χ4n) is 5.10. The summed E-state index contributed by atoms with van der Waals surface area (Å²) < 4.78 is 36.1. The van der Waals surface area contributed by atoms with Crippen molar-refractivity contribution in [1.29, 1.82) is 0 Å². The van der Waals surface area contributed by atoms with Gasteiger partial charge in [-0.25, -0.2) is 18.1 Å². The quantitative estimate of drug-likeness (QED) is 0.174. The molecule has 3 aromatic heterocycles. The molecule has 0 fully saturated rings. The average molecular weight is 624 g/mol. The summed E-state index contributed by atoms with van der Waals surface area (Å²) in [5, 5.41) is 6.76. The molecule has 11 heteroatoms. The number of rotatable bonds is 9. The maximum absolute atomic E-state index is 13.2. The number of methoxy groups -OCH3 is 1. The molecule has 0 spiro atoms. The fourth-order valence-corrected chi connectivity index (χ4v) is 7.18. The molecule has 44 heavy (non-hydrogen) atoms. The van der Waals surface area contributed by atoms with Gasteiger partial charge in [0.1, 0.15) is 17.3 Å². The van der Waals surface area contributed by atoms with Crippen LogP contribution in [0.4, 0.5) is 11.5 Å². The van der Waals surface area contributed by atoms with Crippen LogP contribution in [0.5, 0.6) is 5.75 Å². The van der Waals surface area contributed by atoms with Crippen LogP contribution < -0.4 is 20.5 Å². The molecule has 222 valence electrons. The summed E-state index contributed by atoms with van der Waals surface area (Å²) in [6.07, 6.45) is 5.24. The van der Waals surface area contributed by atoms with Gasteiger partial charge in [-0.1, -0.05) is 54.6 Å². The zero-order valence-electron chi connectivity index (χ0n) is 23.9. The molecule has 6 aromatic rings. The van der Waals surface area contributed by atoms with E-state index in [0.29, 0.717) is 22.9 Å². The topological polar surface area (TPSA) is 128 Å². The number of nitrogens with one attached hydrogen (secondary N) is 2. The molecule has 3 aromatic carbocycles. The number of carbonyl (C=O) groups excluding carboxylic acids is 1. The van der Waals surface area contributed by atoms with Gasteiger partial charge in [-0.3, -0.25) is 4.79 Å². The third-order valence-corrected chi connectivity index (χ3v) is 9.81. The highest BCUT2D eigenvalue weighted by molar-refractivity contribution is 7.89. The molecule has 0 radical (unpaired) electrons. The van der Waals surface area contributed by atoms with Gasteiger partial charge in [0.15, 0.2) is 0 Å². The molecule has 3 heterocycles. The first-order valence-electron chi connectivity index (χ1n) is 13.7. The van der Waals surface area contributed by atoms with E-state index in [1.165, 1.54) is 11.3 Å². The number of fused-ring (bicyclic) bond motifs is 2. The largest absolute Gasteiger partial charge is 0.495 e. The number of aromatic nitrogens is 2. The van der Waals surface area contributed by atoms with Crippen molar-refractivity contribution in [2.45, 2.75) is 4.90 Å². The van der Waals surface area contributed by atoms with Crippen molar-refractivity contribution >= 4 is 65.8 Å². The predicted octanol–water partition coefficient (Wildman–Crippen LogP) is 6.29. The highest BCUT2D eigenvalue weighted by atomic mass is 32.2. The summed E-state index contributed by atoms with van der Waals surface area (Å²) in [6.45, 7) is 0.116. The first-order chi connectivity index (χ1) is 21.3. The number of nitrogens with two attached hydrogens (primary N) is 1. The molecule has 1 amide bonds. The minimum Gasteiger partial charge on any atom is -0.495 e. The van der Waals surface area contributed by atoms with Gasteiger partial charge in [-0.15, -0.1) is 11.3 Å². The van der Waals surface area contributed by atoms with Gasteiger partial charge in [0, 0.05) is 51.9 Å². The number of pyridine rings is 1. The molecule has 0 saturated carbocycles. The first-order valence-corrected chi connectivity index (χ1v) is 16.0. The van der Waals surface area contributed by atoms with Gasteiger partial charge < -0.3 is 20.4 Å². The molecular formula is C33H29N5O4S2. The Morgan fingerprint density at radius 1 is 1.07 bits per heavy atom. The van der Waals surface area contributed by atoms with Crippen LogP contribution in [0, 0.1) is 0 Å². The van der Waals surface area contributed by atoms with Gasteiger partial charge in [0.25, 0.3) is 5.91 Å². The second kappa shape index (κ2) is 12.0. The van der Waals surface area contributed by atoms with E-state index < -0.39 is 10.0 Å². The summed E-state index contributed by atoms with van der Waals surface area (Å²) in [4.78, 5) is 17.8. The Morgan fingerprint density at radius 3 is 2.61 bits per heavy atom. The number of nitrogens with zero attached hydrogens (tertiary/aromatic N) is 2. The highest BCUT2D eigenvalue weighted by Crippen LogP contribution is 2.41. The van der Waals surface area contributed by atoms with Crippen LogP contribution in [0.1, 0.15) is 16.1 Å². The molecule has 0 atom stereocenters. The maximum Gasteiger partial charge on any atom is 0.272 e. The molecular weight excluding hydrogens is 595 g/mol. The van der Waals surface area contributed by atoms with Crippen LogP contribution in [-0.2, 0) is 17.1 Å². The van der Waals surface area contributed by atoms with Crippen LogP contribution in [-0.4, -0.2) is 37.5 Å². The van der Waals surface area contributed by atoms with Crippen molar-refractivity contribution in [3.05, 3.63) is 108 Å². The second-order valence-corrected chi connectivity index (χ2v) is 12.7. The lowest BCUT2D eigenvalue weighted by Crippen LogP contribution is -2.23. The molecule has 0 saturated heterocycles. The van der Waals surface area contributed by atoms with Gasteiger partial charge in [-0.2, -0.15) is 0 Å². The van der Waals surface area contributed by atoms with Crippen LogP contribution in [0.3, 0.4) is 0 Å². The number of amides is 1. The lowest BCUT2D eigenvalue weighted by atomic mass is 10.0. The first kappa shape index (κ1) is 29.1. The van der Waals surface area contributed by atoms with Crippen LogP contribution in [0.25, 0.3) is 38.2 Å². The van der Waals surface area contributed by atoms with E-state index in [2.05, 4.69) is 15.0 Å². The zero-order chi connectivity index (χ0) is 30.8. The number of carbonyl (C=O) groups is 1. The van der Waals surface area contributed by atoms with E-state index >= 15 is 0 Å². The van der Waals surface area contributed by atoms with Crippen molar-refractivity contribution in [2.24, 2.45) is 7.05 Å². The molecule has 4 N–H and O–H groups in total. The lowest BCUT2D eigenvalue weighted by molar-refractivity contribution is 0.101. The summed E-state index contributed by atoms with van der Waals surface area (Å²) in [5.41, 5.74) is 10.9. The molecule has 0 aliphatic carbocycles. The Morgan fingerprint density at radius 2 is 1.84 bits per heavy atom. The summed E-state index contributed by atoms with van der Waals surface area (Å²) in [5.74, 6) is 0.638. The van der Waals surface area contributed by atoms with Gasteiger partial charge >= 0.3 is 0 Å². The number of aryl methyl sites for hydroxylation is 1. The molecule has 0 bridgehead atoms. The Hall–Kier alpha value is -4.97. The third kappa shape index (κ3) is 5.55. The van der Waals surface area contributed by atoms with E-state index in [9.17, 15) is 13.2 Å². The van der Waals surface area contributed by atoms with E-state index in [0.717, 1.165) is 37.7 Å². The van der Waals surface area contributed by atoms with Crippen molar-refractivity contribution in [3.8, 4) is 16.9 Å². The number of benzene rings is 3. The molecule has 0 aliphatic heterocycles. The smallest absolute Gasteiger partial charge is 0.272 e. The molecule has 9 nitrogen and oxygen atoms in total. The van der Waals surface area contributed by atoms with E-state index in [1.54, 1.807) is 49.7 Å². The number of sulfonamides is 1. The number of ether oxygens (including phenoxy) is 1. The zero-order valence-corrected chi connectivity index (χ0v) is 25.6. The minimum atomic E-state index is -3.61. The van der Waals surface area contributed by atoms with Crippen molar-refractivity contribution in [1.82, 2.24) is 14.3 Å².